The molecule has 0 bridgehead atoms. The fraction of sp³-hybridized carbons (Fsp3) is 0.0667. The van der Waals surface area contributed by atoms with Gasteiger partial charge in [0.25, 0.3) is 0 Å². The van der Waals surface area contributed by atoms with E-state index in [9.17, 15) is 4.79 Å². The van der Waals surface area contributed by atoms with Gasteiger partial charge in [-0.3, -0.25) is 4.79 Å². The summed E-state index contributed by atoms with van der Waals surface area (Å²) in [4.78, 5) is 16.4. The lowest BCUT2D eigenvalue weighted by Crippen LogP contribution is -2.14. The Morgan fingerprint density at radius 2 is 2.00 bits per heavy atom. The molecule has 6 heteroatoms. The Morgan fingerprint density at radius 3 is 2.76 bits per heavy atom. The molecule has 0 aliphatic heterocycles. The number of rotatable bonds is 3. The molecule has 3 rings (SSSR count). The number of amides is 1. The van der Waals surface area contributed by atoms with Crippen molar-refractivity contribution in [1.82, 2.24) is 4.98 Å². The molecule has 0 aliphatic rings. The van der Waals surface area contributed by atoms with Gasteiger partial charge in [-0.15, -0.1) is 0 Å². The van der Waals surface area contributed by atoms with Gasteiger partial charge in [0.05, 0.1) is 16.6 Å². The maximum absolute atomic E-state index is 12.0. The zero-order chi connectivity index (χ0) is 14.8. The first-order valence-corrected chi connectivity index (χ1v) is 7.50. The van der Waals surface area contributed by atoms with Crippen LogP contribution in [0.1, 0.15) is 5.56 Å². The second kappa shape index (κ2) is 5.71. The smallest absolute Gasteiger partial charge is 0.230 e. The van der Waals surface area contributed by atoms with Gasteiger partial charge in [-0.1, -0.05) is 35.1 Å². The summed E-state index contributed by atoms with van der Waals surface area (Å²) in [6.07, 6.45) is 0.287. The normalized spacial score (nSPS) is 10.7. The second-order valence-electron chi connectivity index (χ2n) is 4.60. The summed E-state index contributed by atoms with van der Waals surface area (Å²) >= 11 is 7.23. The summed E-state index contributed by atoms with van der Waals surface area (Å²) in [5.41, 5.74) is 8.15. The minimum Gasteiger partial charge on any atom is -0.399 e. The molecule has 0 spiro atoms. The number of carbonyl (C=O) groups is 1. The topological polar surface area (TPSA) is 68.0 Å². The Hall–Kier alpha value is -2.11. The molecule has 106 valence electrons. The first-order chi connectivity index (χ1) is 10.1. The number of nitrogens with zero attached hydrogens (tertiary/aromatic N) is 1. The predicted octanol–water partition coefficient (Wildman–Crippen LogP) is 3.71. The van der Waals surface area contributed by atoms with Crippen LogP contribution >= 0.6 is 22.9 Å². The number of hydrogen-bond donors (Lipinski definition) is 2. The third-order valence-electron chi connectivity index (χ3n) is 2.94. The highest BCUT2D eigenvalue weighted by Gasteiger charge is 2.09. The number of aromatic nitrogens is 1. The summed E-state index contributed by atoms with van der Waals surface area (Å²) in [6.45, 7) is 0. The second-order valence-corrected chi connectivity index (χ2v) is 6.06. The molecule has 3 N–H and O–H groups in total. The lowest BCUT2D eigenvalue weighted by atomic mass is 10.1. The number of nitrogens with two attached hydrogens (primary N) is 1. The Bertz CT molecular complexity index is 798. The Balaban J connectivity index is 1.72. The van der Waals surface area contributed by atoms with Gasteiger partial charge in [0.1, 0.15) is 0 Å². The number of hydrogen-bond acceptors (Lipinski definition) is 4. The molecule has 0 fully saturated rings. The fourth-order valence-electron chi connectivity index (χ4n) is 1.95. The van der Waals surface area contributed by atoms with Crippen molar-refractivity contribution >= 4 is 49.9 Å². The van der Waals surface area contributed by atoms with Crippen LogP contribution in [0, 0.1) is 0 Å². The number of nitrogens with one attached hydrogen (secondary N) is 1. The molecule has 1 amide bonds. The lowest BCUT2D eigenvalue weighted by Gasteiger charge is -2.01. The van der Waals surface area contributed by atoms with Crippen molar-refractivity contribution in [3.05, 3.63) is 53.1 Å². The average molecular weight is 318 g/mol. The summed E-state index contributed by atoms with van der Waals surface area (Å²) in [6, 6.07) is 12.7. The third-order valence-corrected chi connectivity index (χ3v) is 4.12. The minimum atomic E-state index is -0.107. The summed E-state index contributed by atoms with van der Waals surface area (Å²) in [5.74, 6) is -0.107. The largest absolute Gasteiger partial charge is 0.399 e. The van der Waals surface area contributed by atoms with Gasteiger partial charge in [0.2, 0.25) is 5.91 Å². The van der Waals surface area contributed by atoms with Crippen LogP contribution in [0.25, 0.3) is 10.2 Å². The van der Waals surface area contributed by atoms with E-state index in [1.165, 1.54) is 11.3 Å². The van der Waals surface area contributed by atoms with E-state index in [1.807, 2.05) is 24.3 Å². The van der Waals surface area contributed by atoms with Crippen molar-refractivity contribution in [2.24, 2.45) is 0 Å². The summed E-state index contributed by atoms with van der Waals surface area (Å²) in [5, 5.41) is 4.04. The van der Waals surface area contributed by atoms with Gasteiger partial charge in [0.15, 0.2) is 5.13 Å². The highest BCUT2D eigenvalue weighted by Crippen LogP contribution is 2.27. The molecule has 0 unspecified atom stereocenters. The van der Waals surface area contributed by atoms with Crippen LogP contribution in [0.4, 0.5) is 10.8 Å². The van der Waals surface area contributed by atoms with Crippen LogP contribution in [0.15, 0.2) is 42.5 Å². The Morgan fingerprint density at radius 1 is 1.24 bits per heavy atom. The Kier molecular flexibility index (Phi) is 3.77. The van der Waals surface area contributed by atoms with Crippen LogP contribution < -0.4 is 11.1 Å². The van der Waals surface area contributed by atoms with E-state index in [-0.39, 0.29) is 12.3 Å². The fourth-order valence-corrected chi connectivity index (χ4v) is 3.00. The zero-order valence-corrected chi connectivity index (χ0v) is 12.5. The maximum atomic E-state index is 12.0. The molecule has 4 nitrogen and oxygen atoms in total. The predicted molar refractivity (Wildman–Crippen MR) is 87.8 cm³/mol. The van der Waals surface area contributed by atoms with E-state index in [0.717, 1.165) is 15.8 Å². The van der Waals surface area contributed by atoms with Crippen LogP contribution in [0.3, 0.4) is 0 Å². The van der Waals surface area contributed by atoms with Gasteiger partial charge in [0, 0.05) is 10.7 Å². The number of nitrogen functional groups attached to an aromatic ring is 1. The first-order valence-electron chi connectivity index (χ1n) is 6.30. The van der Waals surface area contributed by atoms with Crippen LogP contribution in [-0.4, -0.2) is 10.9 Å². The van der Waals surface area contributed by atoms with Crippen molar-refractivity contribution in [1.29, 1.82) is 0 Å². The Labute approximate surface area is 130 Å². The summed E-state index contributed by atoms with van der Waals surface area (Å²) in [7, 11) is 0. The number of thiazole rings is 1. The number of fused-ring (bicyclic) bond motifs is 1. The number of benzene rings is 2. The van der Waals surface area contributed by atoms with Crippen molar-refractivity contribution in [2.45, 2.75) is 6.42 Å². The van der Waals surface area contributed by atoms with Gasteiger partial charge >= 0.3 is 0 Å². The quantitative estimate of drug-likeness (QED) is 0.723. The van der Waals surface area contributed by atoms with Crippen LogP contribution in [0.5, 0.6) is 0 Å². The monoisotopic (exact) mass is 317 g/mol. The molecule has 0 radical (unpaired) electrons. The first kappa shape index (κ1) is 13.9. The van der Waals surface area contributed by atoms with Gasteiger partial charge < -0.3 is 11.1 Å². The third kappa shape index (κ3) is 3.32. The van der Waals surface area contributed by atoms with Crippen molar-refractivity contribution < 1.29 is 4.79 Å². The molecule has 1 aromatic heterocycles. The number of carbonyl (C=O) groups excluding carboxylic acids is 1. The SMILES string of the molecule is Nc1ccc2nc(NC(=O)Cc3ccc(Cl)cc3)sc2c1. The van der Waals surface area contributed by atoms with Gasteiger partial charge in [-0.05, 0) is 35.9 Å². The molecule has 3 aromatic rings. The zero-order valence-electron chi connectivity index (χ0n) is 11.0. The molecule has 0 atom stereocenters. The van der Waals surface area contributed by atoms with Gasteiger partial charge in [-0.2, -0.15) is 0 Å². The number of halogens is 1. The molecular formula is C15H12ClN3OS. The lowest BCUT2D eigenvalue weighted by molar-refractivity contribution is -0.115. The van der Waals surface area contributed by atoms with Crippen molar-refractivity contribution in [2.75, 3.05) is 11.1 Å². The van der Waals surface area contributed by atoms with Crippen LogP contribution in [0.2, 0.25) is 5.02 Å². The average Bonchev–Trinajstić information content (AvgIpc) is 2.82. The molecule has 1 heterocycles. The van der Waals surface area contributed by atoms with Crippen LogP contribution in [-0.2, 0) is 11.2 Å². The molecule has 0 saturated heterocycles. The van der Waals surface area contributed by atoms with E-state index in [0.29, 0.717) is 15.8 Å². The molecular weight excluding hydrogens is 306 g/mol. The van der Waals surface area contributed by atoms with E-state index < -0.39 is 0 Å². The van der Waals surface area contributed by atoms with Gasteiger partial charge in [-0.25, -0.2) is 4.98 Å². The van der Waals surface area contributed by atoms with E-state index in [1.54, 1.807) is 18.2 Å². The molecule has 2 aromatic carbocycles. The number of anilines is 2. The minimum absolute atomic E-state index is 0.107. The molecule has 0 saturated carbocycles. The highest BCUT2D eigenvalue weighted by molar-refractivity contribution is 7.22. The molecule has 21 heavy (non-hydrogen) atoms. The van der Waals surface area contributed by atoms with Crippen molar-refractivity contribution in [3.8, 4) is 0 Å². The van der Waals surface area contributed by atoms with E-state index in [2.05, 4.69) is 10.3 Å². The van der Waals surface area contributed by atoms with Crippen molar-refractivity contribution in [3.63, 3.8) is 0 Å². The standard InChI is InChI=1S/C15H12ClN3OS/c16-10-3-1-9(2-4-10)7-14(20)19-15-18-12-6-5-11(17)8-13(12)21-15/h1-6,8H,7,17H2,(H,18,19,20). The van der Waals surface area contributed by atoms with E-state index in [4.69, 9.17) is 17.3 Å². The summed E-state index contributed by atoms with van der Waals surface area (Å²) < 4.78 is 0.955. The maximum Gasteiger partial charge on any atom is 0.230 e. The highest BCUT2D eigenvalue weighted by atomic mass is 35.5. The molecule has 0 aliphatic carbocycles. The van der Waals surface area contributed by atoms with E-state index >= 15 is 0 Å².